The Bertz CT molecular complexity index is 1540. The number of nitrogens with one attached hydrogen (secondary N) is 1. The third kappa shape index (κ3) is 7.80. The number of carbonyl (C=O) groups is 2. The van der Waals surface area contributed by atoms with Gasteiger partial charge in [-0.2, -0.15) is 0 Å². The smallest absolute Gasteiger partial charge is 0.273 e. The van der Waals surface area contributed by atoms with Crippen LogP contribution in [0.25, 0.3) is 0 Å². The van der Waals surface area contributed by atoms with Crippen molar-refractivity contribution in [2.75, 3.05) is 31.6 Å². The number of aryl methyl sites for hydroxylation is 1. The van der Waals surface area contributed by atoms with E-state index in [1.165, 1.54) is 50.3 Å². The summed E-state index contributed by atoms with van der Waals surface area (Å²) in [6, 6.07) is 15.7. The van der Waals surface area contributed by atoms with Crippen molar-refractivity contribution in [2.45, 2.75) is 44.7 Å². The normalized spacial score (nSPS) is 11.7. The van der Waals surface area contributed by atoms with E-state index in [0.717, 1.165) is 10.4 Å². The van der Waals surface area contributed by atoms with E-state index in [2.05, 4.69) is 5.32 Å². The first kappa shape index (κ1) is 32.9. The van der Waals surface area contributed by atoms with E-state index in [4.69, 9.17) is 9.47 Å². The maximum Gasteiger partial charge on any atom is 0.273 e. The Kier molecular flexibility index (Phi) is 11.1. The van der Waals surface area contributed by atoms with Crippen LogP contribution >= 0.6 is 0 Å². The Morgan fingerprint density at radius 3 is 2.05 bits per heavy atom. The molecule has 0 fully saturated rings. The summed E-state index contributed by atoms with van der Waals surface area (Å²) in [7, 11) is -1.50. The molecule has 43 heavy (non-hydrogen) atoms. The zero-order chi connectivity index (χ0) is 31.7. The lowest BCUT2D eigenvalue weighted by Gasteiger charge is -2.33. The van der Waals surface area contributed by atoms with Gasteiger partial charge in [0.05, 0.1) is 29.7 Å². The number of methoxy groups -OCH3 is 2. The Morgan fingerprint density at radius 2 is 1.53 bits per heavy atom. The quantitative estimate of drug-likeness (QED) is 0.212. The number of sulfonamides is 1. The molecular weight excluding hydrogens is 576 g/mol. The summed E-state index contributed by atoms with van der Waals surface area (Å²) < 4.78 is 39.4. The summed E-state index contributed by atoms with van der Waals surface area (Å²) in [4.78, 5) is 39.1. The number of nitrogens with zero attached hydrogens (tertiary/aromatic N) is 3. The van der Waals surface area contributed by atoms with Crippen LogP contribution in [-0.4, -0.2) is 63.4 Å². The van der Waals surface area contributed by atoms with E-state index in [1.54, 1.807) is 50.2 Å². The molecule has 2 amide bonds. The van der Waals surface area contributed by atoms with Crippen LogP contribution in [0, 0.1) is 17.0 Å². The SMILES string of the molecule is CCNC(=O)C(CC)N(Cc1ccc(OC)cc1)C(=O)CN(c1ccc(OC)cc1)S(=O)(=O)c1ccc(C)c([N+](=O)[O-])c1. The number of hydrogen-bond donors (Lipinski definition) is 1. The number of ether oxygens (including phenoxy) is 2. The van der Waals surface area contributed by atoms with E-state index in [-0.39, 0.29) is 40.7 Å². The Balaban J connectivity index is 2.11. The first-order chi connectivity index (χ1) is 20.5. The number of carbonyl (C=O) groups excluding carboxylic acids is 2. The fourth-order valence-electron chi connectivity index (χ4n) is 4.49. The minimum atomic E-state index is -4.50. The van der Waals surface area contributed by atoms with Crippen molar-refractivity contribution in [2.24, 2.45) is 0 Å². The van der Waals surface area contributed by atoms with Crippen LogP contribution in [0.2, 0.25) is 0 Å². The summed E-state index contributed by atoms with van der Waals surface area (Å²) in [5.41, 5.74) is 0.748. The summed E-state index contributed by atoms with van der Waals surface area (Å²) in [6.45, 7) is 4.71. The zero-order valence-corrected chi connectivity index (χ0v) is 25.6. The molecule has 0 aliphatic carbocycles. The topological polar surface area (TPSA) is 148 Å². The molecule has 3 aromatic carbocycles. The van der Waals surface area contributed by atoms with Crippen LogP contribution in [0.15, 0.2) is 71.6 Å². The second-order valence-corrected chi connectivity index (χ2v) is 11.5. The molecule has 0 aromatic heterocycles. The van der Waals surface area contributed by atoms with Gasteiger partial charge in [0, 0.05) is 24.7 Å². The van der Waals surface area contributed by atoms with E-state index in [9.17, 15) is 28.1 Å². The van der Waals surface area contributed by atoms with Gasteiger partial charge in [0.1, 0.15) is 24.1 Å². The van der Waals surface area contributed by atoms with E-state index in [0.29, 0.717) is 23.6 Å². The van der Waals surface area contributed by atoms with Gasteiger partial charge in [-0.05, 0) is 68.3 Å². The van der Waals surface area contributed by atoms with Gasteiger partial charge in [-0.15, -0.1) is 0 Å². The lowest BCUT2D eigenvalue weighted by molar-refractivity contribution is -0.385. The maximum atomic E-state index is 14.1. The molecule has 0 saturated heterocycles. The third-order valence-electron chi connectivity index (χ3n) is 6.85. The molecular formula is C30H36N4O8S. The molecule has 3 aromatic rings. The van der Waals surface area contributed by atoms with Crippen molar-refractivity contribution in [1.29, 1.82) is 0 Å². The van der Waals surface area contributed by atoms with Crippen molar-refractivity contribution >= 4 is 33.2 Å². The number of anilines is 1. The third-order valence-corrected chi connectivity index (χ3v) is 8.62. The van der Waals surface area contributed by atoms with Gasteiger partial charge in [-0.25, -0.2) is 8.42 Å². The van der Waals surface area contributed by atoms with E-state index < -0.39 is 33.4 Å². The van der Waals surface area contributed by atoms with Crippen molar-refractivity contribution in [1.82, 2.24) is 10.2 Å². The number of hydrogen-bond acceptors (Lipinski definition) is 8. The lowest BCUT2D eigenvalue weighted by atomic mass is 10.1. The van der Waals surface area contributed by atoms with Crippen LogP contribution < -0.4 is 19.1 Å². The Hall–Kier alpha value is -4.65. The largest absolute Gasteiger partial charge is 0.497 e. The van der Waals surface area contributed by atoms with Gasteiger partial charge >= 0.3 is 0 Å². The highest BCUT2D eigenvalue weighted by molar-refractivity contribution is 7.92. The van der Waals surface area contributed by atoms with Crippen LogP contribution in [0.5, 0.6) is 11.5 Å². The van der Waals surface area contributed by atoms with Gasteiger partial charge in [-0.1, -0.05) is 25.1 Å². The highest BCUT2D eigenvalue weighted by atomic mass is 32.2. The van der Waals surface area contributed by atoms with E-state index >= 15 is 0 Å². The molecule has 12 nitrogen and oxygen atoms in total. The second-order valence-electron chi connectivity index (χ2n) is 9.60. The minimum Gasteiger partial charge on any atom is -0.497 e. The Morgan fingerprint density at radius 1 is 0.953 bits per heavy atom. The molecule has 0 bridgehead atoms. The lowest BCUT2D eigenvalue weighted by Crippen LogP contribution is -2.52. The molecule has 230 valence electrons. The number of rotatable bonds is 14. The Labute approximate surface area is 251 Å². The molecule has 13 heteroatoms. The number of nitro groups is 1. The molecule has 1 N–H and O–H groups in total. The summed E-state index contributed by atoms with van der Waals surface area (Å²) in [5.74, 6) is 0.0537. The van der Waals surface area contributed by atoms with Crippen molar-refractivity contribution in [3.63, 3.8) is 0 Å². The van der Waals surface area contributed by atoms with Crippen molar-refractivity contribution in [3.05, 3.63) is 88.0 Å². The fraction of sp³-hybridized carbons (Fsp3) is 0.333. The summed E-state index contributed by atoms with van der Waals surface area (Å²) in [6.07, 6.45) is 0.271. The summed E-state index contributed by atoms with van der Waals surface area (Å²) in [5, 5.41) is 14.3. The van der Waals surface area contributed by atoms with Gasteiger partial charge in [0.2, 0.25) is 11.8 Å². The maximum absolute atomic E-state index is 14.1. The molecule has 0 aliphatic rings. The number of benzene rings is 3. The summed E-state index contributed by atoms with van der Waals surface area (Å²) >= 11 is 0. The first-order valence-electron chi connectivity index (χ1n) is 13.6. The molecule has 0 radical (unpaired) electrons. The molecule has 0 aliphatic heterocycles. The standard InChI is InChI=1S/C30H36N4O8S/c1-6-27(30(36)31-7-2)32(19-22-9-13-24(41-4)14-10-22)29(35)20-33(23-11-15-25(42-5)16-12-23)43(39,40)26-17-8-21(3)28(18-26)34(37)38/h8-18,27H,6-7,19-20H2,1-5H3,(H,31,36). The van der Waals surface area contributed by atoms with Gasteiger partial charge in [-0.3, -0.25) is 24.0 Å². The highest BCUT2D eigenvalue weighted by Gasteiger charge is 2.34. The predicted molar refractivity (Wildman–Crippen MR) is 162 cm³/mol. The number of amides is 2. The first-order valence-corrected chi connectivity index (χ1v) is 15.0. The van der Waals surface area contributed by atoms with Gasteiger partial charge in [0.25, 0.3) is 15.7 Å². The predicted octanol–water partition coefficient (Wildman–Crippen LogP) is 4.06. The second kappa shape index (κ2) is 14.5. The molecule has 0 heterocycles. The van der Waals surface area contributed by atoms with Gasteiger partial charge in [0.15, 0.2) is 0 Å². The molecule has 3 rings (SSSR count). The van der Waals surface area contributed by atoms with Crippen molar-refractivity contribution in [3.8, 4) is 11.5 Å². The van der Waals surface area contributed by atoms with Crippen LogP contribution in [0.3, 0.4) is 0 Å². The molecule has 1 atom stereocenters. The zero-order valence-electron chi connectivity index (χ0n) is 24.8. The van der Waals surface area contributed by atoms with Crippen molar-refractivity contribution < 1.29 is 32.4 Å². The van der Waals surface area contributed by atoms with Crippen LogP contribution in [0.4, 0.5) is 11.4 Å². The minimum absolute atomic E-state index is 0.0188. The number of likely N-dealkylation sites (N-methyl/N-ethyl adjacent to an activating group) is 1. The van der Waals surface area contributed by atoms with Gasteiger partial charge < -0.3 is 19.7 Å². The average molecular weight is 613 g/mol. The molecule has 0 saturated carbocycles. The molecule has 1 unspecified atom stereocenters. The highest BCUT2D eigenvalue weighted by Crippen LogP contribution is 2.29. The number of nitro benzene ring substituents is 1. The van der Waals surface area contributed by atoms with E-state index in [1.807, 2.05) is 0 Å². The fourth-order valence-corrected chi connectivity index (χ4v) is 5.92. The molecule has 0 spiro atoms. The monoisotopic (exact) mass is 612 g/mol. The van der Waals surface area contributed by atoms with Crippen LogP contribution in [-0.2, 0) is 26.2 Å². The van der Waals surface area contributed by atoms with Crippen LogP contribution in [0.1, 0.15) is 31.4 Å². The average Bonchev–Trinajstić information content (AvgIpc) is 3.00.